The zero-order valence-electron chi connectivity index (χ0n) is 20.7. The van der Waals surface area contributed by atoms with Gasteiger partial charge >= 0.3 is 0 Å². The average molecular weight is 469 g/mol. The highest BCUT2D eigenvalue weighted by atomic mass is 16.5. The van der Waals surface area contributed by atoms with Gasteiger partial charge in [-0.15, -0.1) is 0 Å². The first-order chi connectivity index (χ1) is 17.1. The second kappa shape index (κ2) is 9.87. The number of carbonyl (C=O) groups is 1. The van der Waals surface area contributed by atoms with Crippen LogP contribution in [0.3, 0.4) is 0 Å². The van der Waals surface area contributed by atoms with Crippen molar-refractivity contribution in [2.45, 2.75) is 38.8 Å². The third kappa shape index (κ3) is 4.51. The summed E-state index contributed by atoms with van der Waals surface area (Å²) in [6, 6.07) is 22.8. The molecular formula is C30H32N2O3. The molecule has 0 saturated carbocycles. The first-order valence-electron chi connectivity index (χ1n) is 12.3. The number of hydrogen-bond acceptors (Lipinski definition) is 3. The number of hydrogen-bond donors (Lipinski definition) is 0. The number of carbonyl (C=O) groups excluding carboxylic acids is 1. The minimum absolute atomic E-state index is 0.124. The second-order valence-corrected chi connectivity index (χ2v) is 9.12. The molecule has 0 spiro atoms. The lowest BCUT2D eigenvalue weighted by Crippen LogP contribution is -2.36. The number of aryl methyl sites for hydroxylation is 1. The molecule has 1 atom stereocenters. The summed E-state index contributed by atoms with van der Waals surface area (Å²) in [6.45, 7) is 4.43. The van der Waals surface area contributed by atoms with Crippen LogP contribution >= 0.6 is 0 Å². The molecule has 1 amide bonds. The van der Waals surface area contributed by atoms with Gasteiger partial charge in [0.2, 0.25) is 5.91 Å². The van der Waals surface area contributed by atoms with E-state index in [0.29, 0.717) is 13.0 Å². The Kier molecular flexibility index (Phi) is 6.49. The largest absolute Gasteiger partial charge is 0.497 e. The molecule has 0 N–H and O–H groups in total. The van der Waals surface area contributed by atoms with E-state index in [2.05, 4.69) is 66.2 Å². The molecule has 5 nitrogen and oxygen atoms in total. The van der Waals surface area contributed by atoms with Crippen LogP contribution in [0.25, 0.3) is 10.9 Å². The maximum atomic E-state index is 13.7. The molecule has 1 aromatic heterocycles. The van der Waals surface area contributed by atoms with Crippen LogP contribution in [0.2, 0.25) is 0 Å². The highest BCUT2D eigenvalue weighted by Crippen LogP contribution is 2.38. The van der Waals surface area contributed by atoms with Gasteiger partial charge in [0, 0.05) is 55.1 Å². The molecule has 180 valence electrons. The van der Waals surface area contributed by atoms with Gasteiger partial charge < -0.3 is 18.9 Å². The van der Waals surface area contributed by atoms with Crippen molar-refractivity contribution in [3.8, 4) is 11.5 Å². The summed E-state index contributed by atoms with van der Waals surface area (Å²) in [5, 5.41) is 1.18. The van der Waals surface area contributed by atoms with Gasteiger partial charge in [-0.1, -0.05) is 42.5 Å². The Morgan fingerprint density at radius 3 is 2.34 bits per heavy atom. The Morgan fingerprint density at radius 2 is 1.63 bits per heavy atom. The third-order valence-electron chi connectivity index (χ3n) is 7.17. The van der Waals surface area contributed by atoms with Gasteiger partial charge in [0.05, 0.1) is 14.2 Å². The summed E-state index contributed by atoms with van der Waals surface area (Å²) < 4.78 is 13.4. The molecule has 0 unspecified atom stereocenters. The Hall–Kier alpha value is -3.73. The summed E-state index contributed by atoms with van der Waals surface area (Å²) in [5.41, 5.74) is 5.95. The number of rotatable bonds is 7. The molecule has 2 heterocycles. The molecule has 1 aliphatic rings. The van der Waals surface area contributed by atoms with Gasteiger partial charge in [0.1, 0.15) is 11.5 Å². The van der Waals surface area contributed by atoms with Gasteiger partial charge in [-0.3, -0.25) is 4.79 Å². The van der Waals surface area contributed by atoms with Gasteiger partial charge in [-0.05, 0) is 53.8 Å². The van der Waals surface area contributed by atoms with Crippen molar-refractivity contribution >= 4 is 16.8 Å². The van der Waals surface area contributed by atoms with Crippen LogP contribution in [-0.4, -0.2) is 36.1 Å². The molecule has 5 rings (SSSR count). The summed E-state index contributed by atoms with van der Waals surface area (Å²) >= 11 is 0. The Labute approximate surface area is 206 Å². The highest BCUT2D eigenvalue weighted by Gasteiger charge is 2.28. The molecule has 0 saturated heterocycles. The van der Waals surface area contributed by atoms with E-state index < -0.39 is 0 Å². The summed E-state index contributed by atoms with van der Waals surface area (Å²) in [5.74, 6) is 1.49. The number of aromatic nitrogens is 1. The van der Waals surface area contributed by atoms with Crippen molar-refractivity contribution in [1.29, 1.82) is 0 Å². The Bertz CT molecular complexity index is 1330. The van der Waals surface area contributed by atoms with Crippen LogP contribution in [0.15, 0.2) is 72.9 Å². The third-order valence-corrected chi connectivity index (χ3v) is 7.17. The van der Waals surface area contributed by atoms with Crippen LogP contribution in [0, 0.1) is 0 Å². The summed E-state index contributed by atoms with van der Waals surface area (Å²) in [6.07, 6.45) is 3.49. The fraction of sp³-hybridized carbons (Fsp3) is 0.300. The quantitative estimate of drug-likeness (QED) is 0.345. The molecule has 0 aliphatic carbocycles. The first-order valence-corrected chi connectivity index (χ1v) is 12.3. The normalized spacial score (nSPS) is 14.0. The van der Waals surface area contributed by atoms with E-state index >= 15 is 0 Å². The minimum atomic E-state index is -0.124. The van der Waals surface area contributed by atoms with E-state index in [-0.39, 0.29) is 11.8 Å². The number of ether oxygens (including phenoxy) is 2. The maximum absolute atomic E-state index is 13.7. The van der Waals surface area contributed by atoms with Crippen molar-refractivity contribution in [3.63, 3.8) is 0 Å². The number of methoxy groups -OCH3 is 2. The molecule has 35 heavy (non-hydrogen) atoms. The van der Waals surface area contributed by atoms with Crippen LogP contribution < -0.4 is 9.47 Å². The monoisotopic (exact) mass is 468 g/mol. The zero-order chi connectivity index (χ0) is 24.4. The van der Waals surface area contributed by atoms with Crippen molar-refractivity contribution in [2.75, 3.05) is 20.8 Å². The van der Waals surface area contributed by atoms with Crippen molar-refractivity contribution in [3.05, 3.63) is 95.2 Å². The van der Waals surface area contributed by atoms with Crippen LogP contribution in [-0.2, 0) is 24.3 Å². The lowest BCUT2D eigenvalue weighted by Gasteiger charge is -2.30. The van der Waals surface area contributed by atoms with E-state index in [1.807, 2.05) is 23.1 Å². The van der Waals surface area contributed by atoms with E-state index in [4.69, 9.17) is 9.47 Å². The van der Waals surface area contributed by atoms with Gasteiger partial charge in [0.15, 0.2) is 0 Å². The zero-order valence-corrected chi connectivity index (χ0v) is 20.7. The van der Waals surface area contributed by atoms with Crippen molar-refractivity contribution in [2.24, 2.45) is 0 Å². The SMILES string of the molecule is CCn1cc([C@@H](CC(=O)N2CCc3ccccc3C2)c2cc(OC)cc(OC)c2)c2ccccc21. The molecule has 5 heteroatoms. The molecule has 0 radical (unpaired) electrons. The fourth-order valence-corrected chi connectivity index (χ4v) is 5.26. The predicted octanol–water partition coefficient (Wildman–Crippen LogP) is 5.79. The molecule has 0 fully saturated rings. The second-order valence-electron chi connectivity index (χ2n) is 9.12. The van der Waals surface area contributed by atoms with Gasteiger partial charge in [-0.2, -0.15) is 0 Å². The minimum Gasteiger partial charge on any atom is -0.497 e. The maximum Gasteiger partial charge on any atom is 0.223 e. The van der Waals surface area contributed by atoms with Crippen molar-refractivity contribution in [1.82, 2.24) is 9.47 Å². The first kappa shape index (κ1) is 23.0. The topological polar surface area (TPSA) is 43.7 Å². The van der Waals surface area contributed by atoms with Crippen LogP contribution in [0.1, 0.15) is 41.5 Å². The van der Waals surface area contributed by atoms with E-state index in [1.54, 1.807) is 14.2 Å². The standard InChI is InChI=1S/C30H32N2O3/c1-4-31-20-28(26-11-7-8-12-29(26)31)27(23-15-24(34-2)17-25(16-23)35-3)18-30(33)32-14-13-21-9-5-6-10-22(21)19-32/h5-12,15-17,20,27H,4,13-14,18-19H2,1-3H3/t27-/m0/s1. The molecular weight excluding hydrogens is 436 g/mol. The number of para-hydroxylation sites is 1. The molecule has 3 aromatic carbocycles. The molecule has 1 aliphatic heterocycles. The van der Waals surface area contributed by atoms with Gasteiger partial charge in [0.25, 0.3) is 0 Å². The van der Waals surface area contributed by atoms with Crippen LogP contribution in [0.4, 0.5) is 0 Å². The number of fused-ring (bicyclic) bond motifs is 2. The van der Waals surface area contributed by atoms with E-state index in [1.165, 1.54) is 22.0 Å². The van der Waals surface area contributed by atoms with Gasteiger partial charge in [-0.25, -0.2) is 0 Å². The number of amides is 1. The van der Waals surface area contributed by atoms with E-state index in [9.17, 15) is 4.79 Å². The average Bonchev–Trinajstić information content (AvgIpc) is 3.29. The lowest BCUT2D eigenvalue weighted by molar-refractivity contribution is -0.132. The number of nitrogens with zero attached hydrogens (tertiary/aromatic N) is 2. The Morgan fingerprint density at radius 1 is 0.943 bits per heavy atom. The van der Waals surface area contributed by atoms with Crippen molar-refractivity contribution < 1.29 is 14.3 Å². The molecule has 0 bridgehead atoms. The summed E-state index contributed by atoms with van der Waals surface area (Å²) in [7, 11) is 3.32. The molecule has 4 aromatic rings. The van der Waals surface area contributed by atoms with E-state index in [0.717, 1.165) is 42.1 Å². The summed E-state index contributed by atoms with van der Waals surface area (Å²) in [4.78, 5) is 15.7. The lowest BCUT2D eigenvalue weighted by atomic mass is 9.87. The van der Waals surface area contributed by atoms with Crippen LogP contribution in [0.5, 0.6) is 11.5 Å². The Balaban J connectivity index is 1.56. The smallest absolute Gasteiger partial charge is 0.223 e. The predicted molar refractivity (Wildman–Crippen MR) is 139 cm³/mol. The highest BCUT2D eigenvalue weighted by molar-refractivity contribution is 5.87. The fourth-order valence-electron chi connectivity index (χ4n) is 5.26. The number of benzene rings is 3.